The summed E-state index contributed by atoms with van der Waals surface area (Å²) in [5, 5.41) is 10.5. The van der Waals surface area contributed by atoms with Crippen molar-refractivity contribution in [1.82, 2.24) is 20.1 Å². The molecule has 1 unspecified atom stereocenters. The molecule has 3 heterocycles. The van der Waals surface area contributed by atoms with Gasteiger partial charge in [0, 0.05) is 36.6 Å². The minimum Gasteiger partial charge on any atom is -0.344 e. The van der Waals surface area contributed by atoms with Gasteiger partial charge in [-0.05, 0) is 30.7 Å². The van der Waals surface area contributed by atoms with Crippen molar-refractivity contribution in [2.24, 2.45) is 12.0 Å². The van der Waals surface area contributed by atoms with E-state index in [9.17, 15) is 4.39 Å². The number of benzene rings is 1. The van der Waals surface area contributed by atoms with Gasteiger partial charge in [0.2, 0.25) is 0 Å². The van der Waals surface area contributed by atoms with E-state index in [2.05, 4.69) is 15.4 Å². The highest BCUT2D eigenvalue weighted by Crippen LogP contribution is 2.40. The highest BCUT2D eigenvalue weighted by atomic mass is 32.1. The van der Waals surface area contributed by atoms with Gasteiger partial charge < -0.3 is 5.32 Å². The molecule has 5 nitrogen and oxygen atoms in total. The lowest BCUT2D eigenvalue weighted by Gasteiger charge is -2.32. The van der Waals surface area contributed by atoms with Crippen molar-refractivity contribution in [1.29, 1.82) is 0 Å². The van der Waals surface area contributed by atoms with Gasteiger partial charge in [-0.25, -0.2) is 14.4 Å². The topological polar surface area (TPSA) is 55.1 Å². The number of hydrogen-bond donors (Lipinski definition) is 1. The lowest BCUT2D eigenvalue weighted by atomic mass is 9.82. The lowest BCUT2D eigenvalue weighted by molar-refractivity contribution is 0.612. The van der Waals surface area contributed by atoms with Gasteiger partial charge in [0.05, 0.1) is 5.69 Å². The summed E-state index contributed by atoms with van der Waals surface area (Å²) in [4.78, 5) is 9.27. The molecule has 1 aliphatic heterocycles. The summed E-state index contributed by atoms with van der Waals surface area (Å²) in [6, 6.07) is 8.38. The van der Waals surface area contributed by atoms with Crippen molar-refractivity contribution in [3.63, 3.8) is 0 Å². The Kier molecular flexibility index (Phi) is 3.73. The van der Waals surface area contributed by atoms with Crippen LogP contribution in [0.3, 0.4) is 0 Å². The molecule has 2 aromatic heterocycles. The number of aromatic nitrogens is 3. The molecule has 1 atom stereocenters. The van der Waals surface area contributed by atoms with Crippen molar-refractivity contribution in [2.45, 2.75) is 12.5 Å². The molecule has 0 aliphatic carbocycles. The SMILES string of the molecule is Cn1ccc(C2=CNC(c3nccs3)=NC2(C)c2ccc(F)cc2)n1. The average Bonchev–Trinajstić information content (AvgIpc) is 3.27. The van der Waals surface area contributed by atoms with E-state index >= 15 is 0 Å². The monoisotopic (exact) mass is 353 g/mol. The number of nitrogens with one attached hydrogen (secondary N) is 1. The smallest absolute Gasteiger partial charge is 0.163 e. The fraction of sp³-hybridized carbons (Fsp3) is 0.167. The zero-order valence-electron chi connectivity index (χ0n) is 13.8. The number of hydrogen-bond acceptors (Lipinski definition) is 5. The van der Waals surface area contributed by atoms with Gasteiger partial charge in [-0.15, -0.1) is 11.3 Å². The highest BCUT2D eigenvalue weighted by molar-refractivity contribution is 7.11. The van der Waals surface area contributed by atoms with Gasteiger partial charge in [-0.3, -0.25) is 4.68 Å². The molecule has 0 bridgehead atoms. The maximum atomic E-state index is 13.4. The first-order chi connectivity index (χ1) is 12.1. The standard InChI is InChI=1S/C18H16FN5S/c1-18(12-3-5-13(19)6-4-12)14(15-7-9-24(2)23-15)11-21-16(22-18)17-20-8-10-25-17/h3-11H,1-2H3,(H,21,22). The Labute approximate surface area is 148 Å². The minimum atomic E-state index is -0.700. The number of aryl methyl sites for hydroxylation is 1. The van der Waals surface area contributed by atoms with E-state index in [4.69, 9.17) is 4.99 Å². The van der Waals surface area contributed by atoms with E-state index in [0.29, 0.717) is 5.84 Å². The van der Waals surface area contributed by atoms with E-state index < -0.39 is 5.54 Å². The summed E-state index contributed by atoms with van der Waals surface area (Å²) in [6.45, 7) is 2.01. The Hall–Kier alpha value is -2.80. The summed E-state index contributed by atoms with van der Waals surface area (Å²) in [5.74, 6) is 0.426. The molecule has 1 aliphatic rings. The van der Waals surface area contributed by atoms with E-state index in [1.165, 1.54) is 23.5 Å². The van der Waals surface area contributed by atoms with Crippen LogP contribution in [0.1, 0.15) is 23.2 Å². The van der Waals surface area contributed by atoms with Gasteiger partial charge in [0.15, 0.2) is 10.8 Å². The quantitative estimate of drug-likeness (QED) is 0.786. The molecule has 0 saturated carbocycles. The second-order valence-electron chi connectivity index (χ2n) is 5.95. The van der Waals surface area contributed by atoms with Crippen LogP contribution in [-0.2, 0) is 12.6 Å². The van der Waals surface area contributed by atoms with Crippen LogP contribution in [0.2, 0.25) is 0 Å². The molecule has 7 heteroatoms. The largest absolute Gasteiger partial charge is 0.344 e. The first kappa shape index (κ1) is 15.7. The van der Waals surface area contributed by atoms with Crippen LogP contribution in [-0.4, -0.2) is 20.6 Å². The molecular weight excluding hydrogens is 337 g/mol. The normalized spacial score (nSPS) is 20.0. The van der Waals surface area contributed by atoms with Gasteiger partial charge >= 0.3 is 0 Å². The third-order valence-corrected chi connectivity index (χ3v) is 5.02. The molecule has 0 saturated heterocycles. The number of thiazole rings is 1. The Morgan fingerprint density at radius 2 is 2.00 bits per heavy atom. The van der Waals surface area contributed by atoms with Crippen LogP contribution in [0, 0.1) is 5.82 Å². The third kappa shape index (κ3) is 2.76. The number of amidine groups is 1. The van der Waals surface area contributed by atoms with Crippen LogP contribution in [0.25, 0.3) is 5.57 Å². The average molecular weight is 353 g/mol. The molecule has 25 heavy (non-hydrogen) atoms. The van der Waals surface area contributed by atoms with Crippen LogP contribution in [0.15, 0.2) is 59.3 Å². The summed E-state index contributed by atoms with van der Waals surface area (Å²) in [7, 11) is 1.87. The first-order valence-electron chi connectivity index (χ1n) is 7.79. The van der Waals surface area contributed by atoms with E-state index in [0.717, 1.165) is 21.8 Å². The highest BCUT2D eigenvalue weighted by Gasteiger charge is 2.36. The Morgan fingerprint density at radius 3 is 2.64 bits per heavy atom. The summed E-state index contributed by atoms with van der Waals surface area (Å²) < 4.78 is 15.2. The van der Waals surface area contributed by atoms with Gasteiger partial charge in [0.1, 0.15) is 11.4 Å². The van der Waals surface area contributed by atoms with Crippen molar-refractivity contribution in [2.75, 3.05) is 0 Å². The Balaban J connectivity index is 1.86. The molecule has 1 N–H and O–H groups in total. The zero-order valence-corrected chi connectivity index (χ0v) is 14.6. The van der Waals surface area contributed by atoms with E-state index in [-0.39, 0.29) is 5.82 Å². The van der Waals surface area contributed by atoms with Crippen LogP contribution in [0.4, 0.5) is 4.39 Å². The van der Waals surface area contributed by atoms with Crippen molar-refractivity contribution < 1.29 is 4.39 Å². The van der Waals surface area contributed by atoms with Crippen molar-refractivity contribution >= 4 is 22.7 Å². The molecule has 0 radical (unpaired) electrons. The van der Waals surface area contributed by atoms with Gasteiger partial charge in [-0.1, -0.05) is 12.1 Å². The lowest BCUT2D eigenvalue weighted by Crippen LogP contribution is -2.34. The predicted octanol–water partition coefficient (Wildman–Crippen LogP) is 3.32. The molecule has 0 fully saturated rings. The molecule has 1 aromatic carbocycles. The first-order valence-corrected chi connectivity index (χ1v) is 8.67. The number of halogens is 1. The van der Waals surface area contributed by atoms with Crippen molar-refractivity contribution in [3.8, 4) is 0 Å². The molecular formula is C18H16FN5S. The Bertz CT molecular complexity index is 956. The zero-order chi connectivity index (χ0) is 17.4. The molecule has 4 rings (SSSR count). The number of nitrogens with zero attached hydrogens (tertiary/aromatic N) is 4. The predicted molar refractivity (Wildman–Crippen MR) is 96.7 cm³/mol. The molecule has 0 spiro atoms. The Morgan fingerprint density at radius 1 is 1.20 bits per heavy atom. The maximum absolute atomic E-state index is 13.4. The van der Waals surface area contributed by atoms with Crippen molar-refractivity contribution in [3.05, 3.63) is 76.4 Å². The minimum absolute atomic E-state index is 0.270. The number of aliphatic imine (C=N–C) groups is 1. The fourth-order valence-corrected chi connectivity index (χ4v) is 3.51. The number of rotatable bonds is 3. The van der Waals surface area contributed by atoms with Crippen LogP contribution >= 0.6 is 11.3 Å². The summed E-state index contributed by atoms with van der Waals surface area (Å²) >= 11 is 1.52. The van der Waals surface area contributed by atoms with E-state index in [1.54, 1.807) is 23.0 Å². The van der Waals surface area contributed by atoms with Gasteiger partial charge in [0.25, 0.3) is 0 Å². The molecule has 3 aromatic rings. The van der Waals surface area contributed by atoms with Gasteiger partial charge in [-0.2, -0.15) is 5.10 Å². The second-order valence-corrected chi connectivity index (χ2v) is 6.85. The maximum Gasteiger partial charge on any atom is 0.163 e. The van der Waals surface area contributed by atoms with Crippen LogP contribution in [0.5, 0.6) is 0 Å². The third-order valence-electron chi connectivity index (χ3n) is 4.24. The second kappa shape index (κ2) is 5.93. The van der Waals surface area contributed by atoms with Crippen LogP contribution < -0.4 is 5.32 Å². The summed E-state index contributed by atoms with van der Waals surface area (Å²) in [6.07, 6.45) is 5.55. The molecule has 126 valence electrons. The van der Waals surface area contributed by atoms with E-state index in [1.807, 2.05) is 37.8 Å². The molecule has 0 amide bonds. The fourth-order valence-electron chi connectivity index (χ4n) is 2.92. The summed E-state index contributed by atoms with van der Waals surface area (Å²) in [5.41, 5.74) is 1.93.